The zero-order valence-corrected chi connectivity index (χ0v) is 15.4. The minimum absolute atomic E-state index is 0.149. The molecule has 0 radical (unpaired) electrons. The molecule has 8 heteroatoms. The van der Waals surface area contributed by atoms with Crippen LogP contribution in [0, 0.1) is 5.82 Å². The Morgan fingerprint density at radius 3 is 2.68 bits per heavy atom. The fourth-order valence-corrected chi connectivity index (χ4v) is 3.10. The fraction of sp³-hybridized carbons (Fsp3) is 0.150. The molecule has 0 fully saturated rings. The molecule has 0 unspecified atom stereocenters. The van der Waals surface area contributed by atoms with E-state index in [-0.39, 0.29) is 18.2 Å². The van der Waals surface area contributed by atoms with Gasteiger partial charge in [0.25, 0.3) is 0 Å². The molecule has 7 nitrogen and oxygen atoms in total. The Hall–Kier alpha value is -3.68. The number of fused-ring (bicyclic) bond motifs is 1. The van der Waals surface area contributed by atoms with E-state index < -0.39 is 5.82 Å². The number of aryl methyl sites for hydroxylation is 1. The normalized spacial score (nSPS) is 11.0. The lowest BCUT2D eigenvalue weighted by atomic mass is 10.0. The van der Waals surface area contributed by atoms with E-state index in [0.29, 0.717) is 5.82 Å². The molecule has 4 rings (SSSR count). The van der Waals surface area contributed by atoms with E-state index in [1.54, 1.807) is 13.1 Å². The topological polar surface area (TPSA) is 74.0 Å². The smallest absolute Gasteiger partial charge is 0.245 e. The Balaban J connectivity index is 1.56. The molecule has 2 heterocycles. The molecule has 1 N–H and O–H groups in total. The van der Waals surface area contributed by atoms with Crippen LogP contribution in [0.5, 0.6) is 5.75 Å². The number of nitrogens with zero attached hydrogens (tertiary/aromatic N) is 4. The van der Waals surface area contributed by atoms with Crippen LogP contribution in [0.2, 0.25) is 0 Å². The Labute approximate surface area is 160 Å². The van der Waals surface area contributed by atoms with Crippen LogP contribution in [0.3, 0.4) is 0 Å². The molecule has 0 bridgehead atoms. The quantitative estimate of drug-likeness (QED) is 0.578. The highest BCUT2D eigenvalue weighted by molar-refractivity contribution is 5.92. The van der Waals surface area contributed by atoms with E-state index >= 15 is 0 Å². The van der Waals surface area contributed by atoms with Crippen molar-refractivity contribution in [3.05, 3.63) is 60.7 Å². The van der Waals surface area contributed by atoms with Crippen molar-refractivity contribution in [1.82, 2.24) is 19.6 Å². The molecule has 28 heavy (non-hydrogen) atoms. The summed E-state index contributed by atoms with van der Waals surface area (Å²) >= 11 is 0. The van der Waals surface area contributed by atoms with Crippen molar-refractivity contribution in [2.24, 2.45) is 7.05 Å². The molecule has 0 aliphatic carbocycles. The highest BCUT2D eigenvalue weighted by Gasteiger charge is 2.10. The van der Waals surface area contributed by atoms with Crippen LogP contribution in [0.25, 0.3) is 22.0 Å². The number of carbonyl (C=O) groups excluding carboxylic acids is 1. The SMILES string of the molecule is COc1ccc(-c2ccc3c(ccn3CC(=O)Nc3cnn(C)n3)c2)cc1F. The van der Waals surface area contributed by atoms with Gasteiger partial charge in [-0.05, 0) is 41.5 Å². The van der Waals surface area contributed by atoms with Crippen LogP contribution >= 0.6 is 0 Å². The van der Waals surface area contributed by atoms with Crippen LogP contribution in [-0.2, 0) is 18.4 Å². The van der Waals surface area contributed by atoms with E-state index in [1.807, 2.05) is 41.1 Å². The molecular formula is C20H18FN5O2. The summed E-state index contributed by atoms with van der Waals surface area (Å²) in [6.07, 6.45) is 3.34. The number of rotatable bonds is 5. The maximum Gasteiger partial charge on any atom is 0.245 e. The molecule has 2 aromatic heterocycles. The zero-order chi connectivity index (χ0) is 19.7. The maximum absolute atomic E-state index is 14.0. The van der Waals surface area contributed by atoms with Crippen molar-refractivity contribution in [3.63, 3.8) is 0 Å². The van der Waals surface area contributed by atoms with E-state index in [0.717, 1.165) is 22.0 Å². The Morgan fingerprint density at radius 2 is 1.96 bits per heavy atom. The van der Waals surface area contributed by atoms with Gasteiger partial charge in [-0.1, -0.05) is 12.1 Å². The van der Waals surface area contributed by atoms with Crippen molar-refractivity contribution >= 4 is 22.6 Å². The average Bonchev–Trinajstić information content (AvgIpc) is 3.27. The van der Waals surface area contributed by atoms with Gasteiger partial charge < -0.3 is 14.6 Å². The number of aromatic nitrogens is 4. The number of hydrogen-bond donors (Lipinski definition) is 1. The summed E-state index contributed by atoms with van der Waals surface area (Å²) in [5.41, 5.74) is 2.55. The molecule has 2 aromatic carbocycles. The van der Waals surface area contributed by atoms with Crippen molar-refractivity contribution in [2.45, 2.75) is 6.54 Å². The number of nitrogens with one attached hydrogen (secondary N) is 1. The standard InChI is InChI=1S/C20H18FN5O2/c1-25-22-11-19(24-25)23-20(27)12-26-8-7-15-9-13(3-5-17(15)26)14-4-6-18(28-2)16(21)10-14/h3-11H,12H2,1-2H3,(H,23,24,27). The lowest BCUT2D eigenvalue weighted by Crippen LogP contribution is -2.18. The summed E-state index contributed by atoms with van der Waals surface area (Å²) < 4.78 is 20.8. The van der Waals surface area contributed by atoms with Crippen LogP contribution in [0.1, 0.15) is 0 Å². The van der Waals surface area contributed by atoms with Gasteiger partial charge in [-0.2, -0.15) is 9.90 Å². The van der Waals surface area contributed by atoms with Crippen LogP contribution in [0.4, 0.5) is 10.2 Å². The summed E-state index contributed by atoms with van der Waals surface area (Å²) in [5, 5.41) is 11.6. The van der Waals surface area contributed by atoms with Gasteiger partial charge in [0.2, 0.25) is 5.91 Å². The van der Waals surface area contributed by atoms with Crippen LogP contribution < -0.4 is 10.1 Å². The zero-order valence-electron chi connectivity index (χ0n) is 15.4. The largest absolute Gasteiger partial charge is 0.494 e. The monoisotopic (exact) mass is 379 g/mol. The molecule has 142 valence electrons. The number of methoxy groups -OCH3 is 1. The predicted octanol–water partition coefficient (Wildman–Crippen LogP) is 3.22. The Morgan fingerprint density at radius 1 is 1.18 bits per heavy atom. The molecule has 0 aliphatic rings. The highest BCUT2D eigenvalue weighted by atomic mass is 19.1. The summed E-state index contributed by atoms with van der Waals surface area (Å²) in [6, 6.07) is 12.6. The van der Waals surface area contributed by atoms with Gasteiger partial charge in [0.05, 0.1) is 13.3 Å². The number of anilines is 1. The van der Waals surface area contributed by atoms with E-state index in [1.165, 1.54) is 24.2 Å². The van der Waals surface area contributed by atoms with Gasteiger partial charge in [-0.25, -0.2) is 4.39 Å². The van der Waals surface area contributed by atoms with Crippen LogP contribution in [0.15, 0.2) is 54.9 Å². The summed E-state index contributed by atoms with van der Waals surface area (Å²) in [4.78, 5) is 13.6. The first-order valence-corrected chi connectivity index (χ1v) is 8.62. The van der Waals surface area contributed by atoms with Crippen molar-refractivity contribution in [1.29, 1.82) is 0 Å². The van der Waals surface area contributed by atoms with Gasteiger partial charge in [0.15, 0.2) is 17.4 Å². The van der Waals surface area contributed by atoms with Gasteiger partial charge in [-0.15, -0.1) is 5.10 Å². The van der Waals surface area contributed by atoms with Crippen molar-refractivity contribution < 1.29 is 13.9 Å². The molecule has 0 saturated carbocycles. The minimum atomic E-state index is -0.404. The number of ether oxygens (including phenoxy) is 1. The summed E-state index contributed by atoms with van der Waals surface area (Å²) in [5.74, 6) is 0.0236. The van der Waals surface area contributed by atoms with Crippen molar-refractivity contribution in [2.75, 3.05) is 12.4 Å². The predicted molar refractivity (Wildman–Crippen MR) is 104 cm³/mol. The first-order chi connectivity index (χ1) is 13.5. The van der Waals surface area contributed by atoms with Gasteiger partial charge in [0.1, 0.15) is 6.54 Å². The highest BCUT2D eigenvalue weighted by Crippen LogP contribution is 2.28. The molecule has 1 amide bonds. The number of carbonyl (C=O) groups is 1. The molecule has 0 atom stereocenters. The minimum Gasteiger partial charge on any atom is -0.494 e. The van der Waals surface area contributed by atoms with Gasteiger partial charge in [0, 0.05) is 24.1 Å². The van der Waals surface area contributed by atoms with Crippen molar-refractivity contribution in [3.8, 4) is 16.9 Å². The second kappa shape index (κ2) is 7.15. The molecule has 0 spiro atoms. The number of halogens is 1. The second-order valence-electron chi connectivity index (χ2n) is 6.33. The maximum atomic E-state index is 14.0. The molecule has 0 aliphatic heterocycles. The first-order valence-electron chi connectivity index (χ1n) is 8.62. The second-order valence-corrected chi connectivity index (χ2v) is 6.33. The average molecular weight is 379 g/mol. The van der Waals surface area contributed by atoms with E-state index in [4.69, 9.17) is 4.74 Å². The third-order valence-corrected chi connectivity index (χ3v) is 4.44. The lowest BCUT2D eigenvalue weighted by molar-refractivity contribution is -0.116. The summed E-state index contributed by atoms with van der Waals surface area (Å²) in [7, 11) is 3.12. The van der Waals surface area contributed by atoms with Gasteiger partial charge >= 0.3 is 0 Å². The Bertz CT molecular complexity index is 1160. The third kappa shape index (κ3) is 3.44. The molecule has 0 saturated heterocycles. The molecular weight excluding hydrogens is 361 g/mol. The number of amides is 1. The first kappa shape index (κ1) is 17.7. The van der Waals surface area contributed by atoms with E-state index in [2.05, 4.69) is 15.5 Å². The number of hydrogen-bond acceptors (Lipinski definition) is 4. The van der Waals surface area contributed by atoms with Crippen LogP contribution in [-0.4, -0.2) is 32.6 Å². The third-order valence-electron chi connectivity index (χ3n) is 4.44. The lowest BCUT2D eigenvalue weighted by Gasteiger charge is -2.08. The fourth-order valence-electron chi connectivity index (χ4n) is 3.10. The van der Waals surface area contributed by atoms with E-state index in [9.17, 15) is 9.18 Å². The van der Waals surface area contributed by atoms with Gasteiger partial charge in [-0.3, -0.25) is 4.79 Å². The molecule has 4 aromatic rings. The number of benzene rings is 2. The Kier molecular flexibility index (Phi) is 4.52. The summed E-state index contributed by atoms with van der Waals surface area (Å²) in [6.45, 7) is 0.149.